The molecule has 0 saturated carbocycles. The highest BCUT2D eigenvalue weighted by Gasteiger charge is 2.08. The molecule has 0 fully saturated rings. The van der Waals surface area contributed by atoms with E-state index in [0.717, 1.165) is 11.2 Å². The standard InChI is InChI=1S/C14H16N4O/c1-10-12(4-5-19)13-6-11(2-3-14(13)17-10)7-18-9-15-8-16-18/h2-3,6,8-9,17,19H,4-5,7H2,1H3. The van der Waals surface area contributed by atoms with E-state index in [4.69, 9.17) is 5.11 Å². The quantitative estimate of drug-likeness (QED) is 0.746. The molecular formula is C14H16N4O. The molecule has 1 aromatic carbocycles. The first-order chi connectivity index (χ1) is 9.28. The molecule has 0 aliphatic carbocycles. The van der Waals surface area contributed by atoms with Crippen LogP contribution >= 0.6 is 0 Å². The number of aromatic nitrogens is 4. The predicted octanol–water partition coefficient (Wildman–Crippen LogP) is 1.65. The van der Waals surface area contributed by atoms with Crippen LogP contribution in [0.4, 0.5) is 0 Å². The third-order valence-electron chi connectivity index (χ3n) is 3.36. The van der Waals surface area contributed by atoms with Gasteiger partial charge in [-0.2, -0.15) is 5.10 Å². The zero-order valence-corrected chi connectivity index (χ0v) is 10.8. The number of aryl methyl sites for hydroxylation is 1. The van der Waals surface area contributed by atoms with E-state index in [1.54, 1.807) is 11.0 Å². The molecule has 0 saturated heterocycles. The Labute approximate surface area is 110 Å². The second-order valence-electron chi connectivity index (χ2n) is 4.68. The molecule has 3 aromatic rings. The van der Waals surface area contributed by atoms with Gasteiger partial charge in [0.15, 0.2) is 0 Å². The van der Waals surface area contributed by atoms with Gasteiger partial charge in [-0.3, -0.25) is 0 Å². The highest BCUT2D eigenvalue weighted by Crippen LogP contribution is 2.24. The van der Waals surface area contributed by atoms with E-state index in [-0.39, 0.29) is 6.61 Å². The number of nitrogens with zero attached hydrogens (tertiary/aromatic N) is 3. The van der Waals surface area contributed by atoms with Crippen LogP contribution in [0, 0.1) is 6.92 Å². The van der Waals surface area contributed by atoms with Gasteiger partial charge in [0.05, 0.1) is 6.54 Å². The van der Waals surface area contributed by atoms with Crippen molar-refractivity contribution < 1.29 is 5.11 Å². The second kappa shape index (κ2) is 4.85. The summed E-state index contributed by atoms with van der Waals surface area (Å²) in [5.74, 6) is 0. The summed E-state index contributed by atoms with van der Waals surface area (Å²) in [6.45, 7) is 2.92. The van der Waals surface area contributed by atoms with Gasteiger partial charge >= 0.3 is 0 Å². The van der Waals surface area contributed by atoms with Gasteiger partial charge < -0.3 is 10.1 Å². The number of aliphatic hydroxyl groups excluding tert-OH is 1. The van der Waals surface area contributed by atoms with Crippen LogP contribution in [0.25, 0.3) is 10.9 Å². The molecule has 3 rings (SSSR count). The predicted molar refractivity (Wildman–Crippen MR) is 72.9 cm³/mol. The maximum absolute atomic E-state index is 9.16. The normalized spacial score (nSPS) is 11.3. The van der Waals surface area contributed by atoms with Crippen molar-refractivity contribution in [2.24, 2.45) is 0 Å². The van der Waals surface area contributed by atoms with Crippen LogP contribution < -0.4 is 0 Å². The highest BCUT2D eigenvalue weighted by atomic mass is 16.2. The van der Waals surface area contributed by atoms with E-state index in [2.05, 4.69) is 33.3 Å². The molecule has 98 valence electrons. The second-order valence-corrected chi connectivity index (χ2v) is 4.68. The first-order valence-electron chi connectivity index (χ1n) is 6.31. The molecule has 0 radical (unpaired) electrons. The lowest BCUT2D eigenvalue weighted by Gasteiger charge is -2.03. The number of hydrogen-bond acceptors (Lipinski definition) is 3. The monoisotopic (exact) mass is 256 g/mol. The molecule has 2 aromatic heterocycles. The maximum Gasteiger partial charge on any atom is 0.137 e. The summed E-state index contributed by atoms with van der Waals surface area (Å²) in [5, 5.41) is 14.5. The van der Waals surface area contributed by atoms with Crippen molar-refractivity contribution in [1.82, 2.24) is 19.7 Å². The molecule has 0 bridgehead atoms. The summed E-state index contributed by atoms with van der Waals surface area (Å²) in [4.78, 5) is 7.30. The number of benzene rings is 1. The smallest absolute Gasteiger partial charge is 0.137 e. The summed E-state index contributed by atoms with van der Waals surface area (Å²) < 4.78 is 1.80. The van der Waals surface area contributed by atoms with Crippen LogP contribution in [-0.4, -0.2) is 31.5 Å². The number of aliphatic hydroxyl groups is 1. The lowest BCUT2D eigenvalue weighted by atomic mass is 10.1. The maximum atomic E-state index is 9.16. The summed E-state index contributed by atoms with van der Waals surface area (Å²) in [6.07, 6.45) is 3.93. The molecule has 2 N–H and O–H groups in total. The van der Waals surface area contributed by atoms with Gasteiger partial charge in [0, 0.05) is 23.2 Å². The summed E-state index contributed by atoms with van der Waals surface area (Å²) >= 11 is 0. The first kappa shape index (κ1) is 11.9. The lowest BCUT2D eigenvalue weighted by molar-refractivity contribution is 0.300. The molecule has 5 heteroatoms. The van der Waals surface area contributed by atoms with Crippen LogP contribution in [0.5, 0.6) is 0 Å². The van der Waals surface area contributed by atoms with Gasteiger partial charge in [-0.15, -0.1) is 0 Å². The third-order valence-corrected chi connectivity index (χ3v) is 3.36. The van der Waals surface area contributed by atoms with Gasteiger partial charge in [-0.05, 0) is 36.6 Å². The molecule has 19 heavy (non-hydrogen) atoms. The largest absolute Gasteiger partial charge is 0.396 e. The van der Waals surface area contributed by atoms with E-state index in [0.29, 0.717) is 13.0 Å². The van der Waals surface area contributed by atoms with Crippen molar-refractivity contribution in [3.05, 3.63) is 47.7 Å². The van der Waals surface area contributed by atoms with Crippen LogP contribution in [0.2, 0.25) is 0 Å². The number of aromatic amines is 1. The van der Waals surface area contributed by atoms with Crippen LogP contribution in [0.1, 0.15) is 16.8 Å². The number of fused-ring (bicyclic) bond motifs is 1. The molecule has 0 unspecified atom stereocenters. The van der Waals surface area contributed by atoms with E-state index in [1.807, 2.05) is 6.92 Å². The lowest BCUT2D eigenvalue weighted by Crippen LogP contribution is -1.99. The van der Waals surface area contributed by atoms with E-state index >= 15 is 0 Å². The number of hydrogen-bond donors (Lipinski definition) is 2. The number of H-pyrrole nitrogens is 1. The van der Waals surface area contributed by atoms with E-state index < -0.39 is 0 Å². The third kappa shape index (κ3) is 2.24. The minimum atomic E-state index is 0.168. The fourth-order valence-electron chi connectivity index (χ4n) is 2.46. The van der Waals surface area contributed by atoms with Crippen molar-refractivity contribution in [3.8, 4) is 0 Å². The molecule has 5 nitrogen and oxygen atoms in total. The first-order valence-corrected chi connectivity index (χ1v) is 6.31. The van der Waals surface area contributed by atoms with E-state index in [1.165, 1.54) is 22.8 Å². The Kier molecular flexibility index (Phi) is 3.05. The molecule has 2 heterocycles. The zero-order chi connectivity index (χ0) is 13.2. The highest BCUT2D eigenvalue weighted by molar-refractivity contribution is 5.85. The van der Waals surface area contributed by atoms with Crippen molar-refractivity contribution in [2.75, 3.05) is 6.61 Å². The van der Waals surface area contributed by atoms with Gasteiger partial charge in [0.1, 0.15) is 12.7 Å². The average Bonchev–Trinajstić information content (AvgIpc) is 3.00. The summed E-state index contributed by atoms with van der Waals surface area (Å²) in [7, 11) is 0. The molecule has 0 amide bonds. The minimum Gasteiger partial charge on any atom is -0.396 e. The summed E-state index contributed by atoms with van der Waals surface area (Å²) in [5.41, 5.74) is 4.61. The van der Waals surface area contributed by atoms with Crippen molar-refractivity contribution in [3.63, 3.8) is 0 Å². The van der Waals surface area contributed by atoms with E-state index in [9.17, 15) is 0 Å². The van der Waals surface area contributed by atoms with Crippen LogP contribution in [0.15, 0.2) is 30.9 Å². The number of rotatable bonds is 4. The van der Waals surface area contributed by atoms with Gasteiger partial charge in [0.2, 0.25) is 0 Å². The number of nitrogens with one attached hydrogen (secondary N) is 1. The Hall–Kier alpha value is -2.14. The fourth-order valence-corrected chi connectivity index (χ4v) is 2.46. The SMILES string of the molecule is Cc1[nH]c2ccc(Cn3cncn3)cc2c1CCO. The van der Waals surface area contributed by atoms with Gasteiger partial charge in [-0.1, -0.05) is 6.07 Å². The van der Waals surface area contributed by atoms with Crippen molar-refractivity contribution in [2.45, 2.75) is 19.9 Å². The Morgan fingerprint density at radius 1 is 1.37 bits per heavy atom. The molecule has 0 spiro atoms. The Morgan fingerprint density at radius 3 is 3.00 bits per heavy atom. The van der Waals surface area contributed by atoms with Crippen molar-refractivity contribution >= 4 is 10.9 Å². The van der Waals surface area contributed by atoms with Crippen LogP contribution in [-0.2, 0) is 13.0 Å². The molecule has 0 aliphatic heterocycles. The Balaban J connectivity index is 2.01. The summed E-state index contributed by atoms with van der Waals surface area (Å²) in [6, 6.07) is 6.32. The Morgan fingerprint density at radius 2 is 2.26 bits per heavy atom. The van der Waals surface area contributed by atoms with Gasteiger partial charge in [-0.25, -0.2) is 9.67 Å². The molecular weight excluding hydrogens is 240 g/mol. The van der Waals surface area contributed by atoms with Crippen molar-refractivity contribution in [1.29, 1.82) is 0 Å². The molecule has 0 atom stereocenters. The topological polar surface area (TPSA) is 66.7 Å². The van der Waals surface area contributed by atoms with Crippen LogP contribution in [0.3, 0.4) is 0 Å². The zero-order valence-electron chi connectivity index (χ0n) is 10.8. The molecule has 0 aliphatic rings. The fraction of sp³-hybridized carbons (Fsp3) is 0.286. The van der Waals surface area contributed by atoms with Gasteiger partial charge in [0.25, 0.3) is 0 Å². The average molecular weight is 256 g/mol. The Bertz CT molecular complexity index is 685. The minimum absolute atomic E-state index is 0.168.